The van der Waals surface area contributed by atoms with Crippen LogP contribution in [0.5, 0.6) is 11.5 Å². The van der Waals surface area contributed by atoms with Crippen molar-refractivity contribution in [1.82, 2.24) is 0 Å². The molecule has 26 heavy (non-hydrogen) atoms. The fourth-order valence-corrected chi connectivity index (χ4v) is 3.30. The topological polar surface area (TPSA) is 40.5 Å². The van der Waals surface area contributed by atoms with Crippen LogP contribution < -0.4 is 0 Å². The van der Waals surface area contributed by atoms with E-state index in [9.17, 15) is 10.2 Å². The molecule has 0 bridgehead atoms. The van der Waals surface area contributed by atoms with E-state index >= 15 is 0 Å². The average molecular weight is 346 g/mol. The second kappa shape index (κ2) is 8.09. The standard InChI is InChI=1S/C24H26O2/c1-3-4-5-17(2)23-16-21(12-15-24(23)26)20-8-6-18(7-9-20)19-10-13-22(25)14-11-19/h6-17,25-26H,3-5H2,1-2H3. The highest BCUT2D eigenvalue weighted by atomic mass is 16.3. The third-order valence-electron chi connectivity index (χ3n) is 4.97. The second-order valence-corrected chi connectivity index (χ2v) is 6.94. The van der Waals surface area contributed by atoms with Crippen molar-refractivity contribution in [2.75, 3.05) is 0 Å². The van der Waals surface area contributed by atoms with Crippen LogP contribution in [0, 0.1) is 0 Å². The van der Waals surface area contributed by atoms with E-state index in [-0.39, 0.29) is 5.75 Å². The molecule has 0 saturated heterocycles. The summed E-state index contributed by atoms with van der Waals surface area (Å²) >= 11 is 0. The number of hydrogen-bond donors (Lipinski definition) is 2. The number of hydrogen-bond acceptors (Lipinski definition) is 2. The quantitative estimate of drug-likeness (QED) is 0.520. The molecule has 0 fully saturated rings. The highest BCUT2D eigenvalue weighted by molar-refractivity contribution is 5.71. The fourth-order valence-electron chi connectivity index (χ4n) is 3.30. The molecule has 1 unspecified atom stereocenters. The molecule has 0 aliphatic carbocycles. The third-order valence-corrected chi connectivity index (χ3v) is 4.97. The van der Waals surface area contributed by atoms with E-state index in [0.29, 0.717) is 11.7 Å². The van der Waals surface area contributed by atoms with Gasteiger partial charge in [-0.25, -0.2) is 0 Å². The SMILES string of the molecule is CCCCC(C)c1cc(-c2ccc(-c3ccc(O)cc3)cc2)ccc1O. The second-order valence-electron chi connectivity index (χ2n) is 6.94. The van der Waals surface area contributed by atoms with Gasteiger partial charge in [0.1, 0.15) is 11.5 Å². The molecule has 3 aromatic carbocycles. The van der Waals surface area contributed by atoms with Crippen LogP contribution in [0.15, 0.2) is 66.7 Å². The van der Waals surface area contributed by atoms with Gasteiger partial charge in [-0.3, -0.25) is 0 Å². The first-order chi connectivity index (χ1) is 12.6. The zero-order valence-electron chi connectivity index (χ0n) is 15.4. The Hall–Kier alpha value is -2.74. The summed E-state index contributed by atoms with van der Waals surface area (Å²) in [7, 11) is 0. The van der Waals surface area contributed by atoms with Gasteiger partial charge in [0, 0.05) is 0 Å². The largest absolute Gasteiger partial charge is 0.508 e. The Morgan fingerprint density at radius 2 is 1.23 bits per heavy atom. The molecule has 0 heterocycles. The number of rotatable bonds is 6. The Kier molecular flexibility index (Phi) is 5.62. The van der Waals surface area contributed by atoms with Crippen molar-refractivity contribution in [2.24, 2.45) is 0 Å². The van der Waals surface area contributed by atoms with Gasteiger partial charge in [-0.15, -0.1) is 0 Å². The number of aromatic hydroxyl groups is 2. The summed E-state index contributed by atoms with van der Waals surface area (Å²) in [6.07, 6.45) is 3.43. The molecule has 0 radical (unpaired) electrons. The van der Waals surface area contributed by atoms with E-state index in [4.69, 9.17) is 0 Å². The zero-order chi connectivity index (χ0) is 18.5. The van der Waals surface area contributed by atoms with Crippen molar-refractivity contribution in [3.8, 4) is 33.8 Å². The lowest BCUT2D eigenvalue weighted by Gasteiger charge is -2.15. The van der Waals surface area contributed by atoms with Crippen LogP contribution in [0.1, 0.15) is 44.6 Å². The van der Waals surface area contributed by atoms with Crippen LogP contribution in [0.3, 0.4) is 0 Å². The summed E-state index contributed by atoms with van der Waals surface area (Å²) in [6, 6.07) is 21.5. The van der Waals surface area contributed by atoms with Crippen LogP contribution in [0.2, 0.25) is 0 Å². The van der Waals surface area contributed by atoms with Gasteiger partial charge in [-0.1, -0.05) is 69.2 Å². The molecule has 2 nitrogen and oxygen atoms in total. The minimum absolute atomic E-state index is 0.277. The van der Waals surface area contributed by atoms with Gasteiger partial charge in [-0.2, -0.15) is 0 Å². The minimum Gasteiger partial charge on any atom is -0.508 e. The Morgan fingerprint density at radius 3 is 1.81 bits per heavy atom. The van der Waals surface area contributed by atoms with Crippen LogP contribution in [0.4, 0.5) is 0 Å². The molecule has 1 atom stereocenters. The summed E-state index contributed by atoms with van der Waals surface area (Å²) in [5.74, 6) is 1.02. The zero-order valence-corrected chi connectivity index (χ0v) is 15.4. The number of benzene rings is 3. The van der Waals surface area contributed by atoms with E-state index in [1.807, 2.05) is 18.2 Å². The molecular weight excluding hydrogens is 320 g/mol. The smallest absolute Gasteiger partial charge is 0.119 e. The summed E-state index contributed by atoms with van der Waals surface area (Å²) in [4.78, 5) is 0. The first-order valence-electron chi connectivity index (χ1n) is 9.31. The predicted octanol–water partition coefficient (Wildman–Crippen LogP) is 6.73. The molecule has 0 spiro atoms. The summed E-state index contributed by atoms with van der Waals surface area (Å²) in [5, 5.41) is 19.7. The van der Waals surface area contributed by atoms with Crippen LogP contribution in [-0.4, -0.2) is 10.2 Å². The molecule has 0 saturated carbocycles. The summed E-state index contributed by atoms with van der Waals surface area (Å²) in [6.45, 7) is 4.38. The van der Waals surface area contributed by atoms with E-state index in [1.165, 1.54) is 12.8 Å². The number of phenolic OH excluding ortho intramolecular Hbond substituents is 2. The molecule has 3 aromatic rings. The minimum atomic E-state index is 0.277. The molecule has 0 aliphatic heterocycles. The van der Waals surface area contributed by atoms with Gasteiger partial charge >= 0.3 is 0 Å². The fraction of sp³-hybridized carbons (Fsp3) is 0.250. The molecule has 0 aliphatic rings. The summed E-state index contributed by atoms with van der Waals surface area (Å²) in [5.41, 5.74) is 5.48. The Bertz CT molecular complexity index is 848. The lowest BCUT2D eigenvalue weighted by molar-refractivity contribution is 0.459. The molecule has 3 rings (SSSR count). The summed E-state index contributed by atoms with van der Waals surface area (Å²) < 4.78 is 0. The maximum absolute atomic E-state index is 10.2. The molecule has 134 valence electrons. The maximum Gasteiger partial charge on any atom is 0.119 e. The normalized spacial score (nSPS) is 12.1. The van der Waals surface area contributed by atoms with Crippen molar-refractivity contribution >= 4 is 0 Å². The Balaban J connectivity index is 1.86. The van der Waals surface area contributed by atoms with E-state index in [1.54, 1.807) is 18.2 Å². The van der Waals surface area contributed by atoms with E-state index in [2.05, 4.69) is 44.2 Å². The predicted molar refractivity (Wildman–Crippen MR) is 109 cm³/mol. The van der Waals surface area contributed by atoms with Crippen LogP contribution in [0.25, 0.3) is 22.3 Å². The Labute approximate surface area is 155 Å². The molecule has 0 amide bonds. The van der Waals surface area contributed by atoms with Crippen molar-refractivity contribution in [3.05, 3.63) is 72.3 Å². The van der Waals surface area contributed by atoms with Gasteiger partial charge in [0.25, 0.3) is 0 Å². The highest BCUT2D eigenvalue weighted by Gasteiger charge is 2.12. The maximum atomic E-state index is 10.2. The molecule has 2 N–H and O–H groups in total. The van der Waals surface area contributed by atoms with Crippen molar-refractivity contribution < 1.29 is 10.2 Å². The number of phenols is 2. The van der Waals surface area contributed by atoms with Crippen LogP contribution >= 0.6 is 0 Å². The van der Waals surface area contributed by atoms with Crippen LogP contribution in [-0.2, 0) is 0 Å². The lowest BCUT2D eigenvalue weighted by atomic mass is 9.91. The van der Waals surface area contributed by atoms with Gasteiger partial charge in [0.15, 0.2) is 0 Å². The van der Waals surface area contributed by atoms with Gasteiger partial charge < -0.3 is 10.2 Å². The third kappa shape index (κ3) is 4.08. The Morgan fingerprint density at radius 1 is 0.731 bits per heavy atom. The van der Waals surface area contributed by atoms with Crippen molar-refractivity contribution in [1.29, 1.82) is 0 Å². The first-order valence-corrected chi connectivity index (χ1v) is 9.31. The monoisotopic (exact) mass is 346 g/mol. The van der Waals surface area contributed by atoms with E-state index < -0.39 is 0 Å². The number of unbranched alkanes of at least 4 members (excludes halogenated alkanes) is 1. The first kappa shape index (κ1) is 18.1. The molecule has 2 heteroatoms. The van der Waals surface area contributed by atoms with Gasteiger partial charge in [-0.05, 0) is 64.4 Å². The average Bonchev–Trinajstić information content (AvgIpc) is 2.67. The van der Waals surface area contributed by atoms with Gasteiger partial charge in [0.2, 0.25) is 0 Å². The van der Waals surface area contributed by atoms with Gasteiger partial charge in [0.05, 0.1) is 0 Å². The highest BCUT2D eigenvalue weighted by Crippen LogP contribution is 2.34. The van der Waals surface area contributed by atoms with Crippen molar-refractivity contribution in [3.63, 3.8) is 0 Å². The van der Waals surface area contributed by atoms with E-state index in [0.717, 1.165) is 34.2 Å². The lowest BCUT2D eigenvalue weighted by Crippen LogP contribution is -1.95. The van der Waals surface area contributed by atoms with Crippen molar-refractivity contribution in [2.45, 2.75) is 39.0 Å². The molecule has 0 aromatic heterocycles. The molecular formula is C24H26O2.